The molecule has 37 heavy (non-hydrogen) atoms. The van der Waals surface area contributed by atoms with Crippen LogP contribution in [0.4, 0.5) is 5.82 Å². The maximum atomic E-state index is 11.3. The second kappa shape index (κ2) is 11.1. The van der Waals surface area contributed by atoms with E-state index in [2.05, 4.69) is 73.9 Å². The Morgan fingerprint density at radius 2 is 1.78 bits per heavy atom. The lowest BCUT2D eigenvalue weighted by Crippen LogP contribution is -2.41. The number of aliphatic carboxylic acids is 1. The normalized spacial score (nSPS) is 18.5. The van der Waals surface area contributed by atoms with Crippen molar-refractivity contribution in [1.29, 1.82) is 0 Å². The zero-order valence-electron chi connectivity index (χ0n) is 22.7. The van der Waals surface area contributed by atoms with Crippen molar-refractivity contribution in [2.75, 3.05) is 25.1 Å². The van der Waals surface area contributed by atoms with E-state index in [1.54, 1.807) is 13.3 Å². The van der Waals surface area contributed by atoms with Crippen molar-refractivity contribution in [1.82, 2.24) is 9.88 Å². The largest absolute Gasteiger partial charge is 0.497 e. The molecule has 0 aliphatic carbocycles. The Morgan fingerprint density at radius 1 is 1.08 bits per heavy atom. The molecule has 194 valence electrons. The standard InChI is InChI=1S/C31H37N3O3/c1-20-7-10-25(11-8-20)22(3)17-26-18-23(4)33-15-16-34(28-19-27(37-6)13-14-32-28)30(31(26)33)24(5)21(2)9-12-29(35)36/h7-8,10-11,13-14,17-19,26H,9,12,15-16H2,1-6H3,(H,35,36)/b22-17?,24-21+. The quantitative estimate of drug-likeness (QED) is 0.443. The van der Waals surface area contributed by atoms with Crippen LogP contribution in [-0.2, 0) is 4.79 Å². The smallest absolute Gasteiger partial charge is 0.303 e. The minimum absolute atomic E-state index is 0.0898. The number of benzene rings is 1. The molecule has 3 heterocycles. The zero-order chi connectivity index (χ0) is 26.7. The number of nitrogens with zero attached hydrogens (tertiary/aromatic N) is 3. The first-order valence-electron chi connectivity index (χ1n) is 12.8. The summed E-state index contributed by atoms with van der Waals surface area (Å²) in [4.78, 5) is 20.7. The van der Waals surface area contributed by atoms with Crippen molar-refractivity contribution in [3.8, 4) is 5.75 Å². The minimum Gasteiger partial charge on any atom is -0.497 e. The average molecular weight is 500 g/mol. The molecule has 2 aliphatic heterocycles. The molecule has 0 radical (unpaired) electrons. The van der Waals surface area contributed by atoms with E-state index in [0.717, 1.165) is 41.5 Å². The topological polar surface area (TPSA) is 65.9 Å². The van der Waals surface area contributed by atoms with Gasteiger partial charge >= 0.3 is 5.97 Å². The first-order valence-corrected chi connectivity index (χ1v) is 12.8. The summed E-state index contributed by atoms with van der Waals surface area (Å²) in [5, 5.41) is 9.30. The molecule has 6 nitrogen and oxygen atoms in total. The number of hydrogen-bond donors (Lipinski definition) is 1. The molecule has 2 aromatic rings. The Balaban J connectivity index is 1.87. The van der Waals surface area contributed by atoms with Crippen molar-refractivity contribution in [2.24, 2.45) is 5.92 Å². The first kappa shape index (κ1) is 26.3. The molecule has 1 aromatic heterocycles. The van der Waals surface area contributed by atoms with Gasteiger partial charge in [0.25, 0.3) is 0 Å². The SMILES string of the molecule is COc1ccnc(N2CCN3C(C)=CC(C=C(C)c4ccc(C)cc4)C3=C2/C(C)=C(\C)CCC(=O)O)c1. The van der Waals surface area contributed by atoms with E-state index in [1.807, 2.05) is 19.1 Å². The molecule has 0 saturated heterocycles. The number of allylic oxidation sites excluding steroid dienone is 5. The molecule has 1 N–H and O–H groups in total. The van der Waals surface area contributed by atoms with Crippen LogP contribution in [0, 0.1) is 12.8 Å². The molecule has 0 fully saturated rings. The number of fused-ring (bicyclic) bond motifs is 1. The number of carboxylic acids is 1. The van der Waals surface area contributed by atoms with E-state index < -0.39 is 5.97 Å². The summed E-state index contributed by atoms with van der Waals surface area (Å²) in [5.41, 5.74) is 9.40. The van der Waals surface area contributed by atoms with Crippen LogP contribution < -0.4 is 9.64 Å². The predicted octanol–water partition coefficient (Wildman–Crippen LogP) is 6.57. The highest BCUT2D eigenvalue weighted by Crippen LogP contribution is 2.43. The molecule has 0 spiro atoms. The molecule has 1 atom stereocenters. The summed E-state index contributed by atoms with van der Waals surface area (Å²) in [6.07, 6.45) is 7.06. The third-order valence-corrected chi connectivity index (χ3v) is 7.39. The molecule has 6 heteroatoms. The third kappa shape index (κ3) is 5.63. The molecule has 0 bridgehead atoms. The maximum absolute atomic E-state index is 11.3. The Labute approximate surface area is 220 Å². The summed E-state index contributed by atoms with van der Waals surface area (Å²) >= 11 is 0. The number of aryl methyl sites for hydroxylation is 1. The first-order chi connectivity index (χ1) is 17.7. The molecule has 0 saturated carbocycles. The number of ether oxygens (including phenoxy) is 1. The van der Waals surface area contributed by atoms with Crippen molar-refractivity contribution in [3.05, 3.63) is 94.1 Å². The minimum atomic E-state index is -0.783. The van der Waals surface area contributed by atoms with E-state index in [1.165, 1.54) is 28.1 Å². The molecular weight excluding hydrogens is 462 g/mol. The van der Waals surface area contributed by atoms with Crippen LogP contribution in [0.2, 0.25) is 0 Å². The predicted molar refractivity (Wildman–Crippen MR) is 149 cm³/mol. The summed E-state index contributed by atoms with van der Waals surface area (Å²) in [6.45, 7) is 12.2. The van der Waals surface area contributed by atoms with Crippen molar-refractivity contribution >= 4 is 17.4 Å². The van der Waals surface area contributed by atoms with Gasteiger partial charge in [0, 0.05) is 43.4 Å². The van der Waals surface area contributed by atoms with Gasteiger partial charge in [-0.2, -0.15) is 0 Å². The molecule has 1 aromatic carbocycles. The van der Waals surface area contributed by atoms with E-state index in [4.69, 9.17) is 9.72 Å². The maximum Gasteiger partial charge on any atom is 0.303 e. The van der Waals surface area contributed by atoms with Crippen molar-refractivity contribution < 1.29 is 14.6 Å². The highest BCUT2D eigenvalue weighted by molar-refractivity contribution is 5.68. The monoisotopic (exact) mass is 499 g/mol. The lowest BCUT2D eigenvalue weighted by Gasteiger charge is -2.40. The van der Waals surface area contributed by atoms with Gasteiger partial charge in [-0.05, 0) is 63.8 Å². The third-order valence-electron chi connectivity index (χ3n) is 7.39. The number of rotatable bonds is 8. The molecule has 4 rings (SSSR count). The zero-order valence-corrected chi connectivity index (χ0v) is 22.7. The fourth-order valence-electron chi connectivity index (χ4n) is 5.12. The number of anilines is 1. The highest BCUT2D eigenvalue weighted by atomic mass is 16.5. The van der Waals surface area contributed by atoms with Crippen LogP contribution in [-0.4, -0.2) is 41.2 Å². The van der Waals surface area contributed by atoms with Crippen LogP contribution >= 0.6 is 0 Å². The molecule has 0 amide bonds. The Morgan fingerprint density at radius 3 is 2.46 bits per heavy atom. The molecule has 2 aliphatic rings. The van der Waals surface area contributed by atoms with Crippen LogP contribution in [0.3, 0.4) is 0 Å². The number of carboxylic acid groups (broad SMARTS) is 1. The number of pyridine rings is 1. The lowest BCUT2D eigenvalue weighted by atomic mass is 9.93. The van der Waals surface area contributed by atoms with Gasteiger partial charge in [-0.15, -0.1) is 0 Å². The van der Waals surface area contributed by atoms with Gasteiger partial charge in [0.05, 0.1) is 18.5 Å². The number of hydrogen-bond acceptors (Lipinski definition) is 5. The number of methoxy groups -OCH3 is 1. The summed E-state index contributed by atoms with van der Waals surface area (Å²) < 4.78 is 5.50. The number of carbonyl (C=O) groups is 1. The van der Waals surface area contributed by atoms with Crippen LogP contribution in [0.25, 0.3) is 5.57 Å². The van der Waals surface area contributed by atoms with Crippen LogP contribution in [0.15, 0.2) is 83.0 Å². The van der Waals surface area contributed by atoms with Gasteiger partial charge in [0.15, 0.2) is 0 Å². The number of aromatic nitrogens is 1. The van der Waals surface area contributed by atoms with Gasteiger partial charge < -0.3 is 19.6 Å². The van der Waals surface area contributed by atoms with Gasteiger partial charge in [-0.3, -0.25) is 4.79 Å². The Hall–Kier alpha value is -3.80. The van der Waals surface area contributed by atoms with E-state index in [-0.39, 0.29) is 12.3 Å². The van der Waals surface area contributed by atoms with Gasteiger partial charge in [0.2, 0.25) is 0 Å². The van der Waals surface area contributed by atoms with Gasteiger partial charge in [0.1, 0.15) is 11.6 Å². The molecular formula is C31H37N3O3. The van der Waals surface area contributed by atoms with Crippen LogP contribution in [0.1, 0.15) is 51.7 Å². The summed E-state index contributed by atoms with van der Waals surface area (Å²) in [5.74, 6) is 0.893. The fourth-order valence-corrected chi connectivity index (χ4v) is 5.12. The van der Waals surface area contributed by atoms with E-state index in [0.29, 0.717) is 6.42 Å². The average Bonchev–Trinajstić information content (AvgIpc) is 3.21. The second-order valence-corrected chi connectivity index (χ2v) is 9.94. The summed E-state index contributed by atoms with van der Waals surface area (Å²) in [6, 6.07) is 12.5. The second-order valence-electron chi connectivity index (χ2n) is 9.94. The van der Waals surface area contributed by atoms with Gasteiger partial charge in [-0.1, -0.05) is 47.6 Å². The highest BCUT2D eigenvalue weighted by Gasteiger charge is 2.36. The van der Waals surface area contributed by atoms with E-state index in [9.17, 15) is 9.90 Å². The Bertz CT molecular complexity index is 1300. The van der Waals surface area contributed by atoms with Crippen molar-refractivity contribution in [2.45, 2.75) is 47.5 Å². The van der Waals surface area contributed by atoms with E-state index >= 15 is 0 Å². The lowest BCUT2D eigenvalue weighted by molar-refractivity contribution is -0.136. The van der Waals surface area contributed by atoms with Crippen LogP contribution in [0.5, 0.6) is 5.75 Å². The summed E-state index contributed by atoms with van der Waals surface area (Å²) in [7, 11) is 1.66. The molecule has 1 unspecified atom stereocenters. The Kier molecular flexibility index (Phi) is 7.86. The van der Waals surface area contributed by atoms with Crippen molar-refractivity contribution in [3.63, 3.8) is 0 Å². The fraction of sp³-hybridized carbons (Fsp3) is 0.355. The van der Waals surface area contributed by atoms with Gasteiger partial charge in [-0.25, -0.2) is 4.98 Å².